The monoisotopic (exact) mass is 417 g/mol. The van der Waals surface area contributed by atoms with Crippen LogP contribution in [0.25, 0.3) is 10.2 Å². The molecule has 0 aliphatic carbocycles. The van der Waals surface area contributed by atoms with Gasteiger partial charge < -0.3 is 4.57 Å². The van der Waals surface area contributed by atoms with Crippen LogP contribution in [0.4, 0.5) is 5.69 Å². The van der Waals surface area contributed by atoms with Crippen molar-refractivity contribution in [1.82, 2.24) is 4.57 Å². The molecule has 3 aromatic carbocycles. The molecule has 8 heteroatoms. The van der Waals surface area contributed by atoms with Gasteiger partial charge in [-0.1, -0.05) is 53.8 Å². The standard InChI is InChI=1S/C22H15N3O4S/c1-24-18-12-11-17(25(28)29)13-19(18)30-22(24)23-21(27)16-9-7-15(8-10-16)20(26)14-5-3-2-4-6-14/h2-13H,1H3. The summed E-state index contributed by atoms with van der Waals surface area (Å²) in [5.41, 5.74) is 2.15. The van der Waals surface area contributed by atoms with Crippen molar-refractivity contribution in [3.63, 3.8) is 0 Å². The van der Waals surface area contributed by atoms with Crippen molar-refractivity contribution in [2.24, 2.45) is 12.0 Å². The Morgan fingerprint density at radius 3 is 2.23 bits per heavy atom. The predicted octanol–water partition coefficient (Wildman–Crippen LogP) is 4.12. The molecule has 4 aromatic rings. The van der Waals surface area contributed by atoms with Crippen molar-refractivity contribution < 1.29 is 14.5 Å². The second-order valence-electron chi connectivity index (χ2n) is 6.54. The number of amides is 1. The van der Waals surface area contributed by atoms with Crippen molar-refractivity contribution in [1.29, 1.82) is 0 Å². The van der Waals surface area contributed by atoms with Crippen molar-refractivity contribution >= 4 is 38.9 Å². The number of fused-ring (bicyclic) bond motifs is 1. The minimum Gasteiger partial charge on any atom is -0.319 e. The molecule has 0 aliphatic rings. The second kappa shape index (κ2) is 7.84. The largest absolute Gasteiger partial charge is 0.319 e. The van der Waals surface area contributed by atoms with Gasteiger partial charge in [-0.3, -0.25) is 19.7 Å². The van der Waals surface area contributed by atoms with Crippen LogP contribution in [0.1, 0.15) is 26.3 Å². The fraction of sp³-hybridized carbons (Fsp3) is 0.0455. The number of nitro benzene ring substituents is 1. The fourth-order valence-corrected chi connectivity index (χ4v) is 4.06. The zero-order valence-electron chi connectivity index (χ0n) is 15.8. The van der Waals surface area contributed by atoms with E-state index in [2.05, 4.69) is 4.99 Å². The minimum atomic E-state index is -0.459. The molecule has 148 valence electrons. The molecule has 0 fully saturated rings. The van der Waals surface area contributed by atoms with Crippen LogP contribution in [0.2, 0.25) is 0 Å². The molecule has 1 aromatic heterocycles. The Hall–Kier alpha value is -3.91. The molecule has 0 bridgehead atoms. The Morgan fingerprint density at radius 2 is 1.57 bits per heavy atom. The lowest BCUT2D eigenvalue weighted by molar-refractivity contribution is -0.384. The third-order valence-electron chi connectivity index (χ3n) is 4.63. The van der Waals surface area contributed by atoms with Gasteiger partial charge >= 0.3 is 0 Å². The normalized spacial score (nSPS) is 11.6. The van der Waals surface area contributed by atoms with Gasteiger partial charge in [0.05, 0.1) is 15.1 Å². The van der Waals surface area contributed by atoms with E-state index in [4.69, 9.17) is 0 Å². The van der Waals surface area contributed by atoms with Gasteiger partial charge in [0.2, 0.25) is 0 Å². The summed E-state index contributed by atoms with van der Waals surface area (Å²) in [6, 6.07) is 19.8. The summed E-state index contributed by atoms with van der Waals surface area (Å²) < 4.78 is 2.39. The Bertz CT molecular complexity index is 1350. The molecule has 0 aliphatic heterocycles. The van der Waals surface area contributed by atoms with Crippen LogP contribution in [0.15, 0.2) is 77.8 Å². The van der Waals surface area contributed by atoms with E-state index in [0.29, 0.717) is 26.2 Å². The number of rotatable bonds is 4. The first-order valence-electron chi connectivity index (χ1n) is 8.97. The molecular formula is C22H15N3O4S. The lowest BCUT2D eigenvalue weighted by Crippen LogP contribution is -2.13. The van der Waals surface area contributed by atoms with Gasteiger partial charge in [0.15, 0.2) is 10.6 Å². The number of non-ortho nitro benzene ring substituents is 1. The van der Waals surface area contributed by atoms with Crippen molar-refractivity contribution in [3.8, 4) is 0 Å². The van der Waals surface area contributed by atoms with E-state index in [0.717, 1.165) is 5.52 Å². The highest BCUT2D eigenvalue weighted by atomic mass is 32.1. The molecule has 0 saturated carbocycles. The first kappa shape index (κ1) is 19.4. The van der Waals surface area contributed by atoms with Crippen molar-refractivity contribution in [2.45, 2.75) is 0 Å². The molecule has 0 N–H and O–H groups in total. The quantitative estimate of drug-likeness (QED) is 0.284. The van der Waals surface area contributed by atoms with E-state index in [1.165, 1.54) is 23.5 Å². The number of carbonyl (C=O) groups is 2. The molecule has 0 saturated heterocycles. The average molecular weight is 417 g/mol. The SMILES string of the molecule is Cn1c(=NC(=O)c2ccc(C(=O)c3ccccc3)cc2)sc2cc([N+](=O)[O-])ccc21. The summed E-state index contributed by atoms with van der Waals surface area (Å²) in [6.07, 6.45) is 0. The van der Waals surface area contributed by atoms with E-state index < -0.39 is 10.8 Å². The van der Waals surface area contributed by atoms with Gasteiger partial charge in [0.25, 0.3) is 11.6 Å². The number of hydrogen-bond donors (Lipinski definition) is 0. The van der Waals surface area contributed by atoms with Gasteiger partial charge in [-0.15, -0.1) is 0 Å². The molecule has 0 radical (unpaired) electrons. The van der Waals surface area contributed by atoms with Crippen LogP contribution in [-0.4, -0.2) is 21.2 Å². The summed E-state index contributed by atoms with van der Waals surface area (Å²) in [5.74, 6) is -0.575. The summed E-state index contributed by atoms with van der Waals surface area (Å²) in [6.45, 7) is 0. The molecule has 1 amide bonds. The van der Waals surface area contributed by atoms with Crippen molar-refractivity contribution in [2.75, 3.05) is 0 Å². The Kier molecular flexibility index (Phi) is 5.07. The number of carbonyl (C=O) groups excluding carboxylic acids is 2. The maximum Gasteiger partial charge on any atom is 0.279 e. The third-order valence-corrected chi connectivity index (χ3v) is 5.73. The predicted molar refractivity (Wildman–Crippen MR) is 114 cm³/mol. The summed E-state index contributed by atoms with van der Waals surface area (Å²) in [7, 11) is 1.75. The second-order valence-corrected chi connectivity index (χ2v) is 7.55. The number of ketones is 1. The molecular weight excluding hydrogens is 402 g/mol. The molecule has 0 unspecified atom stereocenters. The van der Waals surface area contributed by atoms with Gasteiger partial charge in [-0.2, -0.15) is 4.99 Å². The highest BCUT2D eigenvalue weighted by Gasteiger charge is 2.13. The van der Waals surface area contributed by atoms with Gasteiger partial charge in [-0.25, -0.2) is 0 Å². The van der Waals surface area contributed by atoms with Gasteiger partial charge in [0, 0.05) is 35.9 Å². The van der Waals surface area contributed by atoms with E-state index in [1.54, 1.807) is 66.2 Å². The number of thiazole rings is 1. The Morgan fingerprint density at radius 1 is 0.933 bits per heavy atom. The third kappa shape index (κ3) is 3.68. The number of hydrogen-bond acceptors (Lipinski definition) is 5. The Labute approximate surface area is 174 Å². The van der Waals surface area contributed by atoms with Crippen molar-refractivity contribution in [3.05, 3.63) is 104 Å². The maximum atomic E-state index is 12.6. The lowest BCUT2D eigenvalue weighted by atomic mass is 10.0. The number of nitro groups is 1. The summed E-state index contributed by atoms with van der Waals surface area (Å²) in [5, 5.41) is 11.0. The topological polar surface area (TPSA) is 94.6 Å². The molecule has 0 spiro atoms. The lowest BCUT2D eigenvalue weighted by Gasteiger charge is -2.02. The van der Waals surface area contributed by atoms with Crippen LogP contribution in [0, 0.1) is 10.1 Å². The van der Waals surface area contributed by atoms with Crippen LogP contribution in [0.5, 0.6) is 0 Å². The average Bonchev–Trinajstić information content (AvgIpc) is 3.08. The van der Waals surface area contributed by atoms with Crippen LogP contribution in [0.3, 0.4) is 0 Å². The van der Waals surface area contributed by atoms with E-state index in [9.17, 15) is 19.7 Å². The van der Waals surface area contributed by atoms with Crippen LogP contribution < -0.4 is 4.80 Å². The van der Waals surface area contributed by atoms with E-state index >= 15 is 0 Å². The highest BCUT2D eigenvalue weighted by molar-refractivity contribution is 7.16. The fourth-order valence-electron chi connectivity index (χ4n) is 3.01. The first-order chi connectivity index (χ1) is 14.4. The smallest absolute Gasteiger partial charge is 0.279 e. The number of nitrogens with zero attached hydrogens (tertiary/aromatic N) is 3. The van der Waals surface area contributed by atoms with Crippen LogP contribution >= 0.6 is 11.3 Å². The zero-order valence-corrected chi connectivity index (χ0v) is 16.6. The number of aromatic nitrogens is 1. The van der Waals surface area contributed by atoms with E-state index in [1.807, 2.05) is 6.07 Å². The molecule has 1 heterocycles. The van der Waals surface area contributed by atoms with Gasteiger partial charge in [0.1, 0.15) is 0 Å². The summed E-state index contributed by atoms with van der Waals surface area (Å²) in [4.78, 5) is 40.2. The first-order valence-corrected chi connectivity index (χ1v) is 9.78. The zero-order chi connectivity index (χ0) is 21.3. The minimum absolute atomic E-state index is 0.0131. The molecule has 4 rings (SSSR count). The number of benzene rings is 3. The maximum absolute atomic E-state index is 12.6. The molecule has 0 atom stereocenters. The van der Waals surface area contributed by atoms with Crippen LogP contribution in [-0.2, 0) is 7.05 Å². The Balaban J connectivity index is 1.63. The molecule has 7 nitrogen and oxygen atoms in total. The van der Waals surface area contributed by atoms with Gasteiger partial charge in [-0.05, 0) is 18.2 Å². The summed E-state index contributed by atoms with van der Waals surface area (Å²) >= 11 is 1.20. The number of aryl methyl sites for hydroxylation is 1. The van der Waals surface area contributed by atoms with E-state index in [-0.39, 0.29) is 11.5 Å². The molecule has 30 heavy (non-hydrogen) atoms. The highest BCUT2D eigenvalue weighted by Crippen LogP contribution is 2.22.